The molecule has 1 aliphatic rings. The monoisotopic (exact) mass is 366 g/mol. The molecule has 0 radical (unpaired) electrons. The average Bonchev–Trinajstić information content (AvgIpc) is 2.57. The quantitative estimate of drug-likeness (QED) is 0.810. The van der Waals surface area contributed by atoms with E-state index < -0.39 is 16.1 Å². The van der Waals surface area contributed by atoms with Crippen molar-refractivity contribution in [1.82, 2.24) is 10.0 Å². The lowest BCUT2D eigenvalue weighted by Gasteiger charge is -2.26. The highest BCUT2D eigenvalue weighted by molar-refractivity contribution is 7.90. The molecule has 1 aromatic carbocycles. The number of sulfonamides is 1. The first-order valence-electron chi connectivity index (χ1n) is 8.74. The van der Waals surface area contributed by atoms with Gasteiger partial charge in [-0.2, -0.15) is 0 Å². The first kappa shape index (κ1) is 19.4. The second kappa shape index (κ2) is 8.47. The van der Waals surface area contributed by atoms with Gasteiger partial charge in [-0.1, -0.05) is 26.0 Å². The van der Waals surface area contributed by atoms with Gasteiger partial charge in [0, 0.05) is 18.9 Å². The molecule has 1 aromatic rings. The van der Waals surface area contributed by atoms with Crippen molar-refractivity contribution in [2.24, 2.45) is 5.92 Å². The van der Waals surface area contributed by atoms with Crippen LogP contribution < -0.4 is 10.0 Å². The zero-order valence-corrected chi connectivity index (χ0v) is 15.6. The smallest absolute Gasteiger partial charge is 0.328 e. The lowest BCUT2D eigenvalue weighted by molar-refractivity contribution is -0.118. The van der Waals surface area contributed by atoms with Gasteiger partial charge in [0.1, 0.15) is 5.78 Å². The highest BCUT2D eigenvalue weighted by Crippen LogP contribution is 2.23. The molecule has 0 unspecified atom stereocenters. The Hall–Kier alpha value is -1.89. The van der Waals surface area contributed by atoms with Gasteiger partial charge in [0.2, 0.25) is 0 Å². The standard InChI is InChI=1S/C18H26N2O4S/c1-3-16(21)12-14-6-10-17(11-7-14)25(23,24)20-18(22)19-15-8-4-13(2)5-9-15/h6-7,10-11,13,15H,3-5,8-9,12H2,1-2H3,(H2,19,20,22). The second-order valence-corrected chi connectivity index (χ2v) is 8.43. The number of hydrogen-bond donors (Lipinski definition) is 2. The lowest BCUT2D eigenvalue weighted by atomic mass is 9.87. The Bertz CT molecular complexity index is 705. The molecular weight excluding hydrogens is 340 g/mol. The average molecular weight is 366 g/mol. The van der Waals surface area contributed by atoms with Crippen LogP contribution in [0.3, 0.4) is 0 Å². The first-order chi connectivity index (χ1) is 11.8. The van der Waals surface area contributed by atoms with Crippen LogP contribution in [0.15, 0.2) is 29.2 Å². The van der Waals surface area contributed by atoms with Crippen molar-refractivity contribution in [2.45, 2.75) is 63.3 Å². The van der Waals surface area contributed by atoms with E-state index in [0.717, 1.165) is 31.2 Å². The van der Waals surface area contributed by atoms with Gasteiger partial charge in [-0.05, 0) is 49.3 Å². The summed E-state index contributed by atoms with van der Waals surface area (Å²) in [5.41, 5.74) is 0.756. The van der Waals surface area contributed by atoms with Gasteiger partial charge in [0.25, 0.3) is 10.0 Å². The van der Waals surface area contributed by atoms with Crippen LogP contribution in [0, 0.1) is 5.92 Å². The van der Waals surface area contributed by atoms with Gasteiger partial charge in [-0.25, -0.2) is 17.9 Å². The summed E-state index contributed by atoms with van der Waals surface area (Å²) in [6, 6.07) is 5.36. The zero-order chi connectivity index (χ0) is 18.4. The molecule has 2 amide bonds. The van der Waals surface area contributed by atoms with Gasteiger partial charge in [-0.15, -0.1) is 0 Å². The Morgan fingerprint density at radius 1 is 1.08 bits per heavy atom. The number of urea groups is 1. The van der Waals surface area contributed by atoms with Crippen molar-refractivity contribution in [2.75, 3.05) is 0 Å². The van der Waals surface area contributed by atoms with Gasteiger partial charge in [-0.3, -0.25) is 4.79 Å². The van der Waals surface area contributed by atoms with Crippen molar-refractivity contribution in [1.29, 1.82) is 0 Å². The minimum absolute atomic E-state index is 0.00705. The normalized spacial score (nSPS) is 20.7. The van der Waals surface area contributed by atoms with E-state index in [1.165, 1.54) is 12.1 Å². The van der Waals surface area contributed by atoms with E-state index in [9.17, 15) is 18.0 Å². The Kier molecular flexibility index (Phi) is 6.58. The fourth-order valence-electron chi connectivity index (χ4n) is 2.94. The number of rotatable bonds is 6. The molecule has 0 heterocycles. The first-order valence-corrected chi connectivity index (χ1v) is 10.2. The summed E-state index contributed by atoms with van der Waals surface area (Å²) in [6.07, 6.45) is 4.54. The number of amides is 2. The molecular formula is C18H26N2O4S. The highest BCUT2D eigenvalue weighted by atomic mass is 32.2. The van der Waals surface area contributed by atoms with E-state index in [2.05, 4.69) is 17.0 Å². The second-order valence-electron chi connectivity index (χ2n) is 6.75. The van der Waals surface area contributed by atoms with E-state index in [1.807, 2.05) is 0 Å². The van der Waals surface area contributed by atoms with Crippen LogP contribution in [-0.2, 0) is 21.2 Å². The Morgan fingerprint density at radius 3 is 2.24 bits per heavy atom. The van der Waals surface area contributed by atoms with Crippen LogP contribution in [-0.4, -0.2) is 26.3 Å². The molecule has 1 fully saturated rings. The summed E-state index contributed by atoms with van der Waals surface area (Å²) in [5.74, 6) is 0.748. The van der Waals surface area contributed by atoms with Crippen molar-refractivity contribution in [3.05, 3.63) is 29.8 Å². The summed E-state index contributed by atoms with van der Waals surface area (Å²) < 4.78 is 26.6. The van der Waals surface area contributed by atoms with Gasteiger partial charge in [0.05, 0.1) is 4.90 Å². The fourth-order valence-corrected chi connectivity index (χ4v) is 3.85. The van der Waals surface area contributed by atoms with Gasteiger partial charge >= 0.3 is 6.03 Å². The van der Waals surface area contributed by atoms with Crippen molar-refractivity contribution in [3.8, 4) is 0 Å². The fraction of sp³-hybridized carbons (Fsp3) is 0.556. The number of carbonyl (C=O) groups excluding carboxylic acids is 2. The summed E-state index contributed by atoms with van der Waals surface area (Å²) >= 11 is 0. The Labute approximate surface area is 149 Å². The maximum Gasteiger partial charge on any atom is 0.328 e. The van der Waals surface area contributed by atoms with Crippen LogP contribution in [0.5, 0.6) is 0 Å². The molecule has 7 heteroatoms. The molecule has 2 N–H and O–H groups in total. The van der Waals surface area contributed by atoms with Crippen LogP contribution in [0.25, 0.3) is 0 Å². The van der Waals surface area contributed by atoms with E-state index >= 15 is 0 Å². The van der Waals surface area contributed by atoms with Crippen molar-refractivity contribution < 1.29 is 18.0 Å². The summed E-state index contributed by atoms with van der Waals surface area (Å²) in [6.45, 7) is 3.97. The minimum Gasteiger partial charge on any atom is -0.335 e. The highest BCUT2D eigenvalue weighted by Gasteiger charge is 2.23. The molecule has 1 saturated carbocycles. The SMILES string of the molecule is CCC(=O)Cc1ccc(S(=O)(=O)NC(=O)NC2CCC(C)CC2)cc1. The van der Waals surface area contributed by atoms with Gasteiger partial charge < -0.3 is 5.32 Å². The Morgan fingerprint density at radius 2 is 1.68 bits per heavy atom. The zero-order valence-electron chi connectivity index (χ0n) is 14.7. The molecule has 6 nitrogen and oxygen atoms in total. The third-order valence-electron chi connectivity index (χ3n) is 4.61. The largest absolute Gasteiger partial charge is 0.335 e. The molecule has 0 spiro atoms. The maximum absolute atomic E-state index is 12.3. The van der Waals surface area contributed by atoms with Gasteiger partial charge in [0.15, 0.2) is 0 Å². The molecule has 0 aliphatic heterocycles. The Balaban J connectivity index is 1.94. The number of nitrogens with one attached hydrogen (secondary N) is 2. The van der Waals surface area contributed by atoms with Crippen LogP contribution in [0.4, 0.5) is 4.79 Å². The maximum atomic E-state index is 12.3. The predicted octanol–water partition coefficient (Wildman–Crippen LogP) is 2.77. The lowest BCUT2D eigenvalue weighted by Crippen LogP contribution is -2.45. The van der Waals surface area contributed by atoms with Crippen LogP contribution >= 0.6 is 0 Å². The van der Waals surface area contributed by atoms with Crippen LogP contribution in [0.1, 0.15) is 51.5 Å². The van der Waals surface area contributed by atoms with Crippen LogP contribution in [0.2, 0.25) is 0 Å². The predicted molar refractivity (Wildman–Crippen MR) is 95.7 cm³/mol. The molecule has 0 bridgehead atoms. The number of Topliss-reactive ketones (excluding diaryl/α,β-unsaturated/α-hetero) is 1. The molecule has 1 aliphatic carbocycles. The van der Waals surface area contributed by atoms with E-state index in [-0.39, 0.29) is 23.1 Å². The molecule has 0 saturated heterocycles. The summed E-state index contributed by atoms with van der Waals surface area (Å²) in [5, 5.41) is 2.74. The van der Waals surface area contributed by atoms with E-state index in [0.29, 0.717) is 12.3 Å². The number of benzene rings is 1. The molecule has 25 heavy (non-hydrogen) atoms. The number of ketones is 1. The van der Waals surface area contributed by atoms with Crippen molar-refractivity contribution >= 4 is 21.8 Å². The summed E-state index contributed by atoms with van der Waals surface area (Å²) in [7, 11) is -3.92. The van der Waals surface area contributed by atoms with Crippen molar-refractivity contribution in [3.63, 3.8) is 0 Å². The minimum atomic E-state index is -3.92. The van der Waals surface area contributed by atoms with E-state index in [1.54, 1.807) is 19.1 Å². The molecule has 0 atom stereocenters. The third-order valence-corrected chi connectivity index (χ3v) is 5.95. The van der Waals surface area contributed by atoms with E-state index in [4.69, 9.17) is 0 Å². The number of hydrogen-bond acceptors (Lipinski definition) is 4. The molecule has 2 rings (SSSR count). The molecule has 138 valence electrons. The third kappa shape index (κ3) is 5.85. The topological polar surface area (TPSA) is 92.3 Å². The summed E-state index contributed by atoms with van der Waals surface area (Å²) in [4.78, 5) is 23.4. The molecule has 0 aromatic heterocycles. The number of carbonyl (C=O) groups is 2.